The van der Waals surface area contributed by atoms with Crippen LogP contribution in [0.15, 0.2) is 45.7 Å². The first-order valence-corrected chi connectivity index (χ1v) is 8.80. The molecule has 27 heavy (non-hydrogen) atoms. The lowest BCUT2D eigenvalue weighted by Gasteiger charge is -2.15. The van der Waals surface area contributed by atoms with Gasteiger partial charge in [-0.25, -0.2) is 0 Å². The van der Waals surface area contributed by atoms with Crippen LogP contribution in [0.5, 0.6) is 0 Å². The van der Waals surface area contributed by atoms with Crippen LogP contribution in [0.4, 0.5) is 32.0 Å². The standard InChI is InChI=1S/C15H7ClF6N2O2S/c16-9-1-2-12-11(6-9)13(24-27(12,25)26)23-10-4-7(14(17,18)19)3-8(5-10)15(20,21)22/h1-6H,(H,23,24). The van der Waals surface area contributed by atoms with Crippen molar-refractivity contribution in [3.8, 4) is 0 Å². The first-order valence-electron chi connectivity index (χ1n) is 6.99. The minimum Gasteiger partial charge on any atom is -0.339 e. The van der Waals surface area contributed by atoms with Gasteiger partial charge >= 0.3 is 12.4 Å². The zero-order valence-corrected chi connectivity index (χ0v) is 14.4. The maximum Gasteiger partial charge on any atom is 0.416 e. The van der Waals surface area contributed by atoms with E-state index in [1.165, 1.54) is 12.1 Å². The fraction of sp³-hybridized carbons (Fsp3) is 0.133. The minimum absolute atomic E-state index is 0.0385. The van der Waals surface area contributed by atoms with E-state index in [-0.39, 0.29) is 21.5 Å². The van der Waals surface area contributed by atoms with Crippen LogP contribution in [-0.4, -0.2) is 14.3 Å². The van der Waals surface area contributed by atoms with Crippen LogP contribution in [0, 0.1) is 0 Å². The molecule has 2 aromatic carbocycles. The Morgan fingerprint density at radius 3 is 1.96 bits per heavy atom. The van der Waals surface area contributed by atoms with Crippen molar-refractivity contribution in [1.29, 1.82) is 0 Å². The largest absolute Gasteiger partial charge is 0.416 e. The number of alkyl halides is 6. The Kier molecular flexibility index (Phi) is 4.42. The number of rotatable bonds is 1. The Hall–Kier alpha value is -2.27. The minimum atomic E-state index is -5.04. The summed E-state index contributed by atoms with van der Waals surface area (Å²) in [5, 5.41) is 2.33. The molecule has 4 nitrogen and oxygen atoms in total. The van der Waals surface area contributed by atoms with E-state index in [9.17, 15) is 34.8 Å². The van der Waals surface area contributed by atoms with Gasteiger partial charge in [-0.05, 0) is 36.4 Å². The van der Waals surface area contributed by atoms with Crippen LogP contribution in [0.3, 0.4) is 0 Å². The molecule has 0 amide bonds. The van der Waals surface area contributed by atoms with Crippen molar-refractivity contribution < 1.29 is 34.8 Å². The average molecular weight is 429 g/mol. The van der Waals surface area contributed by atoms with E-state index in [1.807, 2.05) is 0 Å². The van der Waals surface area contributed by atoms with Gasteiger partial charge in [0, 0.05) is 16.3 Å². The van der Waals surface area contributed by atoms with Gasteiger partial charge in [-0.1, -0.05) is 11.6 Å². The molecule has 1 aliphatic heterocycles. The molecule has 0 fully saturated rings. The summed E-state index contributed by atoms with van der Waals surface area (Å²) in [6, 6.07) is 4.40. The lowest BCUT2D eigenvalue weighted by Crippen LogP contribution is -2.15. The van der Waals surface area contributed by atoms with Crippen LogP contribution >= 0.6 is 11.6 Å². The molecular formula is C15H7ClF6N2O2S. The topological polar surface area (TPSA) is 58.5 Å². The molecule has 0 saturated heterocycles. The van der Waals surface area contributed by atoms with Gasteiger partial charge < -0.3 is 5.32 Å². The first-order chi connectivity index (χ1) is 12.3. The normalized spacial score (nSPS) is 16.0. The first kappa shape index (κ1) is 19.5. The molecule has 144 valence electrons. The van der Waals surface area contributed by atoms with Gasteiger partial charge in [-0.2, -0.15) is 34.8 Å². The van der Waals surface area contributed by atoms with E-state index in [4.69, 9.17) is 11.6 Å². The van der Waals surface area contributed by atoms with Crippen molar-refractivity contribution in [2.45, 2.75) is 17.2 Å². The van der Waals surface area contributed by atoms with Crippen molar-refractivity contribution in [2.75, 3.05) is 5.32 Å². The summed E-state index contributed by atoms with van der Waals surface area (Å²) in [4.78, 5) is -0.266. The number of hydrogen-bond acceptors (Lipinski definition) is 3. The van der Waals surface area contributed by atoms with E-state index in [2.05, 4.69) is 9.71 Å². The van der Waals surface area contributed by atoms with Crippen LogP contribution in [0.2, 0.25) is 5.02 Å². The smallest absolute Gasteiger partial charge is 0.339 e. The molecule has 0 spiro atoms. The molecule has 0 aromatic heterocycles. The third kappa shape index (κ3) is 3.88. The lowest BCUT2D eigenvalue weighted by atomic mass is 10.1. The highest BCUT2D eigenvalue weighted by Gasteiger charge is 2.37. The van der Waals surface area contributed by atoms with Gasteiger partial charge in [0.15, 0.2) is 5.84 Å². The number of halogens is 7. The monoisotopic (exact) mass is 428 g/mol. The van der Waals surface area contributed by atoms with Crippen LogP contribution in [0.25, 0.3) is 0 Å². The summed E-state index contributed by atoms with van der Waals surface area (Å²) in [6.07, 6.45) is -10.1. The molecule has 0 radical (unpaired) electrons. The van der Waals surface area contributed by atoms with E-state index in [0.717, 1.165) is 6.07 Å². The molecule has 0 bridgehead atoms. The van der Waals surface area contributed by atoms with Crippen LogP contribution in [-0.2, 0) is 22.4 Å². The van der Waals surface area contributed by atoms with Crippen LogP contribution < -0.4 is 5.32 Å². The van der Waals surface area contributed by atoms with Gasteiger partial charge in [-0.15, -0.1) is 4.40 Å². The Balaban J connectivity index is 2.11. The number of anilines is 1. The number of benzene rings is 2. The highest BCUT2D eigenvalue weighted by Crippen LogP contribution is 2.38. The number of nitrogens with one attached hydrogen (secondary N) is 1. The maximum absolute atomic E-state index is 12.9. The Labute approximate surface area is 153 Å². The van der Waals surface area contributed by atoms with Gasteiger partial charge in [0.1, 0.15) is 4.90 Å². The molecule has 0 unspecified atom stereocenters. The van der Waals surface area contributed by atoms with Crippen molar-refractivity contribution in [1.82, 2.24) is 0 Å². The van der Waals surface area contributed by atoms with E-state index in [0.29, 0.717) is 12.1 Å². The second kappa shape index (κ2) is 6.13. The zero-order valence-electron chi connectivity index (χ0n) is 12.8. The van der Waals surface area contributed by atoms with E-state index >= 15 is 0 Å². The molecule has 0 saturated carbocycles. The molecule has 1 heterocycles. The molecule has 0 aliphatic carbocycles. The molecule has 2 aromatic rings. The quantitative estimate of drug-likeness (QED) is 0.655. The predicted octanol–water partition coefficient (Wildman–Crippen LogP) is 4.94. The summed E-state index contributed by atoms with van der Waals surface area (Å²) < 4.78 is 105. The van der Waals surface area contributed by atoms with Crippen molar-refractivity contribution >= 4 is 33.1 Å². The SMILES string of the molecule is O=S1(=O)N=C(Nc2cc(C(F)(F)F)cc(C(F)(F)F)c2)c2cc(Cl)ccc21. The second-order valence-corrected chi connectivity index (χ2v) is 7.48. The highest BCUT2D eigenvalue weighted by molar-refractivity contribution is 7.90. The van der Waals surface area contributed by atoms with Gasteiger partial charge in [0.25, 0.3) is 10.0 Å². The average Bonchev–Trinajstić information content (AvgIpc) is 2.75. The second-order valence-electron chi connectivity index (χ2n) is 5.47. The van der Waals surface area contributed by atoms with Gasteiger partial charge in [-0.3, -0.25) is 0 Å². The molecule has 0 atom stereocenters. The predicted molar refractivity (Wildman–Crippen MR) is 85.2 cm³/mol. The summed E-state index contributed by atoms with van der Waals surface area (Å²) >= 11 is 5.78. The van der Waals surface area contributed by atoms with Crippen molar-refractivity contribution in [2.24, 2.45) is 4.40 Å². The van der Waals surface area contributed by atoms with E-state index < -0.39 is 45.0 Å². The van der Waals surface area contributed by atoms with E-state index in [1.54, 1.807) is 0 Å². The lowest BCUT2D eigenvalue weighted by molar-refractivity contribution is -0.143. The molecule has 12 heteroatoms. The molecule has 1 aliphatic rings. The number of fused-ring (bicyclic) bond motifs is 1. The molecular weight excluding hydrogens is 422 g/mol. The van der Waals surface area contributed by atoms with Gasteiger partial charge in [0.2, 0.25) is 0 Å². The maximum atomic E-state index is 12.9. The number of hydrogen-bond donors (Lipinski definition) is 1. The van der Waals surface area contributed by atoms with Crippen molar-refractivity contribution in [3.63, 3.8) is 0 Å². The third-order valence-electron chi connectivity index (χ3n) is 3.54. The zero-order chi connectivity index (χ0) is 20.2. The van der Waals surface area contributed by atoms with Gasteiger partial charge in [0.05, 0.1) is 11.1 Å². The fourth-order valence-corrected chi connectivity index (χ4v) is 3.71. The summed E-state index contributed by atoms with van der Waals surface area (Å²) in [5.41, 5.74) is -3.78. The molecule has 3 rings (SSSR count). The summed E-state index contributed by atoms with van der Waals surface area (Å²) in [5.74, 6) is -0.431. The number of nitrogens with zero attached hydrogens (tertiary/aromatic N) is 1. The summed E-state index contributed by atoms with van der Waals surface area (Å²) in [7, 11) is -4.15. The fourth-order valence-electron chi connectivity index (χ4n) is 2.38. The van der Waals surface area contributed by atoms with Crippen molar-refractivity contribution in [3.05, 3.63) is 58.1 Å². The third-order valence-corrected chi connectivity index (χ3v) is 5.11. The summed E-state index contributed by atoms with van der Waals surface area (Å²) in [6.45, 7) is 0. The number of amidine groups is 1. The number of sulfonamides is 1. The Morgan fingerprint density at radius 1 is 0.889 bits per heavy atom. The van der Waals surface area contributed by atoms with Crippen LogP contribution in [0.1, 0.15) is 16.7 Å². The highest BCUT2D eigenvalue weighted by atomic mass is 35.5. The Morgan fingerprint density at radius 2 is 1.44 bits per heavy atom. The molecule has 1 N–H and O–H groups in total. The Bertz CT molecular complexity index is 1030.